The van der Waals surface area contributed by atoms with E-state index in [9.17, 15) is 0 Å². The Balaban J connectivity index is 0.00000121. The van der Waals surface area contributed by atoms with Crippen LogP contribution in [0.15, 0.2) is 30.3 Å². The molecule has 0 aromatic heterocycles. The largest absolute Gasteiger partial charge is 0.313 e. The van der Waals surface area contributed by atoms with Gasteiger partial charge in [-0.3, -0.25) is 0 Å². The second-order valence-electron chi connectivity index (χ2n) is 2.66. The predicted molar refractivity (Wildman–Crippen MR) is 55.7 cm³/mol. The summed E-state index contributed by atoms with van der Waals surface area (Å²) in [6.45, 7) is 4.28. The monoisotopic (exact) mass is 185 g/mol. The molecule has 1 aromatic carbocycles. The van der Waals surface area contributed by atoms with Gasteiger partial charge in [-0.25, -0.2) is 0 Å². The van der Waals surface area contributed by atoms with Crippen LogP contribution in [-0.4, -0.2) is 6.54 Å². The van der Waals surface area contributed by atoms with Gasteiger partial charge in [-0.15, -0.1) is 12.4 Å². The Morgan fingerprint density at radius 2 is 1.83 bits per heavy atom. The Hall–Kier alpha value is -0.530. The highest BCUT2D eigenvalue weighted by Gasteiger charge is 1.87. The van der Waals surface area contributed by atoms with Crippen LogP contribution < -0.4 is 5.32 Å². The average Bonchev–Trinajstić information content (AvgIpc) is 2.07. The summed E-state index contributed by atoms with van der Waals surface area (Å²) in [6.07, 6.45) is 1.20. The van der Waals surface area contributed by atoms with E-state index in [1.165, 1.54) is 12.0 Å². The van der Waals surface area contributed by atoms with E-state index in [2.05, 4.69) is 36.5 Å². The second kappa shape index (κ2) is 7.14. The Morgan fingerprint density at radius 1 is 1.17 bits per heavy atom. The van der Waals surface area contributed by atoms with Gasteiger partial charge < -0.3 is 5.32 Å². The highest BCUT2D eigenvalue weighted by molar-refractivity contribution is 5.85. The first-order valence-electron chi connectivity index (χ1n) is 4.18. The lowest BCUT2D eigenvalue weighted by molar-refractivity contribution is 0.675. The van der Waals surface area contributed by atoms with Crippen molar-refractivity contribution in [3.8, 4) is 0 Å². The number of rotatable bonds is 4. The van der Waals surface area contributed by atoms with E-state index < -0.39 is 0 Å². The Bertz CT molecular complexity index is 186. The maximum absolute atomic E-state index is 3.35. The molecule has 0 heterocycles. The molecule has 1 rings (SSSR count). The number of benzene rings is 1. The first kappa shape index (κ1) is 11.5. The molecule has 0 saturated carbocycles. The molecule has 0 fully saturated rings. The molecule has 0 saturated heterocycles. The Kier molecular flexibility index (Phi) is 6.82. The van der Waals surface area contributed by atoms with Crippen LogP contribution in [0.4, 0.5) is 0 Å². The number of nitrogens with one attached hydrogen (secondary N) is 1. The summed E-state index contributed by atoms with van der Waals surface area (Å²) in [6, 6.07) is 10.5. The average molecular weight is 186 g/mol. The number of hydrogen-bond donors (Lipinski definition) is 1. The van der Waals surface area contributed by atoms with Gasteiger partial charge >= 0.3 is 0 Å². The van der Waals surface area contributed by atoms with Gasteiger partial charge in [0.2, 0.25) is 0 Å². The summed E-state index contributed by atoms with van der Waals surface area (Å²) in [4.78, 5) is 0. The molecule has 1 aromatic rings. The minimum atomic E-state index is 0. The molecular formula is C10H16ClN. The molecule has 0 radical (unpaired) electrons. The molecule has 0 atom stereocenters. The van der Waals surface area contributed by atoms with Crippen LogP contribution in [0.5, 0.6) is 0 Å². The third-order valence-electron chi connectivity index (χ3n) is 1.60. The van der Waals surface area contributed by atoms with E-state index in [-0.39, 0.29) is 12.4 Å². The maximum atomic E-state index is 3.35. The zero-order chi connectivity index (χ0) is 7.94. The van der Waals surface area contributed by atoms with E-state index in [1.807, 2.05) is 6.07 Å². The van der Waals surface area contributed by atoms with Crippen molar-refractivity contribution < 1.29 is 0 Å². The molecule has 1 nitrogen and oxygen atoms in total. The van der Waals surface area contributed by atoms with Crippen LogP contribution in [-0.2, 0) is 6.54 Å². The van der Waals surface area contributed by atoms with Crippen LogP contribution in [0.2, 0.25) is 0 Å². The lowest BCUT2D eigenvalue weighted by atomic mass is 10.2. The van der Waals surface area contributed by atoms with E-state index in [0.717, 1.165) is 13.1 Å². The van der Waals surface area contributed by atoms with Gasteiger partial charge in [0, 0.05) is 6.54 Å². The van der Waals surface area contributed by atoms with Crippen LogP contribution in [0.3, 0.4) is 0 Å². The van der Waals surface area contributed by atoms with E-state index >= 15 is 0 Å². The normalized spacial score (nSPS) is 9.08. The standard InChI is InChI=1S/C10H15N.ClH/c1-2-8-11-9-10-6-4-3-5-7-10;/h3-7,11H,2,8-9H2,1H3;1H. The fourth-order valence-electron chi connectivity index (χ4n) is 1.01. The SMILES string of the molecule is CCCNCc1ccccc1.Cl. The minimum absolute atomic E-state index is 0. The molecule has 68 valence electrons. The van der Waals surface area contributed by atoms with Crippen molar-refractivity contribution in [1.29, 1.82) is 0 Å². The minimum Gasteiger partial charge on any atom is -0.313 e. The van der Waals surface area contributed by atoms with Crippen molar-refractivity contribution in [2.45, 2.75) is 19.9 Å². The maximum Gasteiger partial charge on any atom is 0.0205 e. The molecule has 0 aliphatic heterocycles. The van der Waals surface area contributed by atoms with Crippen molar-refractivity contribution in [2.75, 3.05) is 6.54 Å². The molecule has 0 aliphatic carbocycles. The van der Waals surface area contributed by atoms with Crippen LogP contribution in [0.25, 0.3) is 0 Å². The summed E-state index contributed by atoms with van der Waals surface area (Å²) < 4.78 is 0. The van der Waals surface area contributed by atoms with Crippen molar-refractivity contribution in [3.63, 3.8) is 0 Å². The Labute approximate surface area is 80.6 Å². The number of hydrogen-bond acceptors (Lipinski definition) is 1. The highest BCUT2D eigenvalue weighted by atomic mass is 35.5. The fourth-order valence-corrected chi connectivity index (χ4v) is 1.01. The van der Waals surface area contributed by atoms with E-state index in [4.69, 9.17) is 0 Å². The van der Waals surface area contributed by atoms with Crippen molar-refractivity contribution in [2.24, 2.45) is 0 Å². The molecule has 1 N–H and O–H groups in total. The first-order chi connectivity index (χ1) is 5.43. The molecule has 0 spiro atoms. The fraction of sp³-hybridized carbons (Fsp3) is 0.400. The molecular weight excluding hydrogens is 170 g/mol. The second-order valence-corrected chi connectivity index (χ2v) is 2.66. The van der Waals surface area contributed by atoms with Crippen LogP contribution in [0.1, 0.15) is 18.9 Å². The summed E-state index contributed by atoms with van der Waals surface area (Å²) in [7, 11) is 0. The molecule has 0 bridgehead atoms. The summed E-state index contributed by atoms with van der Waals surface area (Å²) >= 11 is 0. The molecule has 0 amide bonds. The Morgan fingerprint density at radius 3 is 2.42 bits per heavy atom. The molecule has 0 unspecified atom stereocenters. The van der Waals surface area contributed by atoms with Gasteiger partial charge in [-0.05, 0) is 18.5 Å². The highest BCUT2D eigenvalue weighted by Crippen LogP contribution is 1.96. The van der Waals surface area contributed by atoms with E-state index in [1.54, 1.807) is 0 Å². The lowest BCUT2D eigenvalue weighted by Gasteiger charge is -2.01. The lowest BCUT2D eigenvalue weighted by Crippen LogP contribution is -2.13. The van der Waals surface area contributed by atoms with Crippen LogP contribution >= 0.6 is 12.4 Å². The van der Waals surface area contributed by atoms with Crippen molar-refractivity contribution >= 4 is 12.4 Å². The van der Waals surface area contributed by atoms with Gasteiger partial charge in [0.05, 0.1) is 0 Å². The van der Waals surface area contributed by atoms with Gasteiger partial charge in [0.25, 0.3) is 0 Å². The van der Waals surface area contributed by atoms with Crippen molar-refractivity contribution in [1.82, 2.24) is 5.32 Å². The van der Waals surface area contributed by atoms with Gasteiger partial charge in [-0.1, -0.05) is 37.3 Å². The van der Waals surface area contributed by atoms with Gasteiger partial charge in [0.1, 0.15) is 0 Å². The molecule has 12 heavy (non-hydrogen) atoms. The zero-order valence-corrected chi connectivity index (χ0v) is 8.23. The smallest absolute Gasteiger partial charge is 0.0205 e. The molecule has 2 heteroatoms. The van der Waals surface area contributed by atoms with Crippen LogP contribution in [0, 0.1) is 0 Å². The zero-order valence-electron chi connectivity index (χ0n) is 7.42. The van der Waals surface area contributed by atoms with Crippen molar-refractivity contribution in [3.05, 3.63) is 35.9 Å². The summed E-state index contributed by atoms with van der Waals surface area (Å²) in [5.74, 6) is 0. The predicted octanol–water partition coefficient (Wildman–Crippen LogP) is 2.61. The van der Waals surface area contributed by atoms with Gasteiger partial charge in [0.15, 0.2) is 0 Å². The first-order valence-corrected chi connectivity index (χ1v) is 4.18. The topological polar surface area (TPSA) is 12.0 Å². The summed E-state index contributed by atoms with van der Waals surface area (Å²) in [5, 5.41) is 3.35. The summed E-state index contributed by atoms with van der Waals surface area (Å²) in [5.41, 5.74) is 1.36. The molecule has 0 aliphatic rings. The third kappa shape index (κ3) is 4.37. The number of halogens is 1. The van der Waals surface area contributed by atoms with E-state index in [0.29, 0.717) is 0 Å². The third-order valence-corrected chi connectivity index (χ3v) is 1.60. The van der Waals surface area contributed by atoms with Gasteiger partial charge in [-0.2, -0.15) is 0 Å². The quantitative estimate of drug-likeness (QED) is 0.712.